The van der Waals surface area contributed by atoms with Crippen LogP contribution in [0.5, 0.6) is 0 Å². The number of aliphatic hydroxyl groups excluding tert-OH is 1. The molecule has 0 bridgehead atoms. The van der Waals surface area contributed by atoms with E-state index < -0.39 is 38.7 Å². The standard InChI is InChI=1S/C35H54N4O6S/c1-34(2,3)38-32(41)29-19-26-14-10-11-15-27(26)21-39(29)22-30(40)28(18-24-12-8-7-9-13-24)37-33(42)31(35(4,5)46(6,43)44)36-20-25-16-17-45-23-25/h7-9,12-13,16-17,23,26-31,36,40H,10-11,14-15,18-22H2,1-6H3,(H,37,42)(H,38,41)/t26?,27?,28-,29-,30+,31+/m0/s1. The van der Waals surface area contributed by atoms with Crippen molar-refractivity contribution in [1.82, 2.24) is 20.9 Å². The lowest BCUT2D eigenvalue weighted by molar-refractivity contribution is -0.133. The number of β-amino-alcohol motifs (C(OH)–C–C–N with tert-alkyl or cyclic N) is 1. The van der Waals surface area contributed by atoms with Crippen molar-refractivity contribution in [3.63, 3.8) is 0 Å². The van der Waals surface area contributed by atoms with Crippen LogP contribution in [0.1, 0.15) is 77.8 Å². The number of piperidine rings is 1. The van der Waals surface area contributed by atoms with Crippen molar-refractivity contribution in [3.05, 3.63) is 60.1 Å². The monoisotopic (exact) mass is 658 g/mol. The molecule has 1 aliphatic carbocycles. The second kappa shape index (κ2) is 15.0. The van der Waals surface area contributed by atoms with Crippen LogP contribution in [0.2, 0.25) is 0 Å². The molecule has 0 radical (unpaired) electrons. The lowest BCUT2D eigenvalue weighted by Crippen LogP contribution is -2.63. The molecule has 6 atom stereocenters. The van der Waals surface area contributed by atoms with Crippen LogP contribution in [0.15, 0.2) is 53.3 Å². The zero-order valence-corrected chi connectivity index (χ0v) is 29.1. The Morgan fingerprint density at radius 3 is 2.30 bits per heavy atom. The summed E-state index contributed by atoms with van der Waals surface area (Å²) in [4.78, 5) is 29.8. The number of sulfone groups is 1. The molecule has 4 rings (SSSR count). The van der Waals surface area contributed by atoms with E-state index in [0.29, 0.717) is 24.8 Å². The van der Waals surface area contributed by atoms with Crippen molar-refractivity contribution >= 4 is 21.7 Å². The molecular formula is C35H54N4O6S. The van der Waals surface area contributed by atoms with E-state index in [1.54, 1.807) is 12.3 Å². The molecule has 4 N–H and O–H groups in total. The van der Waals surface area contributed by atoms with E-state index in [1.807, 2.05) is 51.1 Å². The van der Waals surface area contributed by atoms with Gasteiger partial charge >= 0.3 is 0 Å². The summed E-state index contributed by atoms with van der Waals surface area (Å²) >= 11 is 0. The lowest BCUT2D eigenvalue weighted by Gasteiger charge is -2.47. The average molecular weight is 659 g/mol. The summed E-state index contributed by atoms with van der Waals surface area (Å²) in [6.45, 7) is 10.1. The summed E-state index contributed by atoms with van der Waals surface area (Å²) in [5, 5.41) is 21.2. The van der Waals surface area contributed by atoms with Crippen molar-refractivity contribution in [2.75, 3.05) is 19.3 Å². The first kappa shape index (κ1) is 36.1. The maximum atomic E-state index is 14.1. The van der Waals surface area contributed by atoms with Gasteiger partial charge in [0.15, 0.2) is 9.84 Å². The second-order valence-corrected chi connectivity index (χ2v) is 17.5. The van der Waals surface area contributed by atoms with Gasteiger partial charge in [-0.2, -0.15) is 0 Å². The highest BCUT2D eigenvalue weighted by atomic mass is 32.2. The van der Waals surface area contributed by atoms with E-state index in [4.69, 9.17) is 4.42 Å². The van der Waals surface area contributed by atoms with Crippen LogP contribution in [0.4, 0.5) is 0 Å². The van der Waals surface area contributed by atoms with Crippen LogP contribution >= 0.6 is 0 Å². The van der Waals surface area contributed by atoms with E-state index in [9.17, 15) is 23.1 Å². The minimum atomic E-state index is -3.68. The topological polar surface area (TPSA) is 141 Å². The summed E-state index contributed by atoms with van der Waals surface area (Å²) in [7, 11) is -3.68. The van der Waals surface area contributed by atoms with Gasteiger partial charge in [0.1, 0.15) is 6.04 Å². The predicted octanol–water partition coefficient (Wildman–Crippen LogP) is 3.44. The number of furan rings is 1. The third-order valence-electron chi connectivity index (χ3n) is 9.82. The van der Waals surface area contributed by atoms with Gasteiger partial charge in [-0.15, -0.1) is 0 Å². The fraction of sp³-hybridized carbons (Fsp3) is 0.657. The van der Waals surface area contributed by atoms with Crippen LogP contribution in [-0.4, -0.2) is 84.1 Å². The fourth-order valence-electron chi connectivity index (χ4n) is 6.89. The summed E-state index contributed by atoms with van der Waals surface area (Å²) in [6.07, 6.45) is 8.83. The van der Waals surface area contributed by atoms with Gasteiger partial charge < -0.3 is 25.5 Å². The number of hydrogen-bond donors (Lipinski definition) is 4. The maximum absolute atomic E-state index is 14.1. The van der Waals surface area contributed by atoms with E-state index in [1.165, 1.54) is 33.0 Å². The summed E-state index contributed by atoms with van der Waals surface area (Å²) in [6, 6.07) is 9.11. The number of nitrogens with zero attached hydrogens (tertiary/aromatic N) is 1. The van der Waals surface area contributed by atoms with E-state index in [-0.39, 0.29) is 30.6 Å². The Hall–Kier alpha value is -2.73. The highest BCUT2D eigenvalue weighted by molar-refractivity contribution is 7.92. The van der Waals surface area contributed by atoms with Crippen LogP contribution in [-0.2, 0) is 32.4 Å². The molecule has 1 saturated carbocycles. The third-order valence-corrected chi connectivity index (χ3v) is 12.0. The number of benzene rings is 1. The van der Waals surface area contributed by atoms with Gasteiger partial charge in [-0.25, -0.2) is 8.42 Å². The molecule has 11 heteroatoms. The maximum Gasteiger partial charge on any atom is 0.239 e. The highest BCUT2D eigenvalue weighted by Gasteiger charge is 2.45. The van der Waals surface area contributed by atoms with Gasteiger partial charge in [-0.3, -0.25) is 14.5 Å². The van der Waals surface area contributed by atoms with Crippen LogP contribution < -0.4 is 16.0 Å². The number of aliphatic hydroxyl groups is 1. The molecule has 2 heterocycles. The molecule has 256 valence electrons. The molecular weight excluding hydrogens is 604 g/mol. The smallest absolute Gasteiger partial charge is 0.239 e. The van der Waals surface area contributed by atoms with Gasteiger partial charge in [-0.05, 0) is 77.3 Å². The molecule has 1 aromatic carbocycles. The second-order valence-electron chi connectivity index (χ2n) is 14.9. The summed E-state index contributed by atoms with van der Waals surface area (Å²) in [5.74, 6) is 0.393. The molecule has 2 amide bonds. The van der Waals surface area contributed by atoms with Crippen LogP contribution in [0.3, 0.4) is 0 Å². The number of carbonyl (C=O) groups excluding carboxylic acids is 2. The van der Waals surface area contributed by atoms with Crippen molar-refractivity contribution < 1.29 is 27.5 Å². The molecule has 2 aromatic rings. The van der Waals surface area contributed by atoms with Crippen molar-refractivity contribution in [2.45, 2.75) is 114 Å². The molecule has 2 fully saturated rings. The van der Waals surface area contributed by atoms with Crippen molar-refractivity contribution in [3.8, 4) is 0 Å². The van der Waals surface area contributed by atoms with Gasteiger partial charge in [-0.1, -0.05) is 49.6 Å². The number of nitrogens with one attached hydrogen (secondary N) is 3. The lowest BCUT2D eigenvalue weighted by atomic mass is 9.72. The zero-order valence-electron chi connectivity index (χ0n) is 28.3. The number of rotatable bonds is 13. The number of carbonyl (C=O) groups is 2. The molecule has 2 aliphatic rings. The Balaban J connectivity index is 1.59. The summed E-state index contributed by atoms with van der Waals surface area (Å²) < 4.78 is 29.5. The van der Waals surface area contributed by atoms with Crippen molar-refractivity contribution in [1.29, 1.82) is 0 Å². The minimum absolute atomic E-state index is 0.0363. The molecule has 0 spiro atoms. The molecule has 1 saturated heterocycles. The molecule has 1 aliphatic heterocycles. The molecule has 46 heavy (non-hydrogen) atoms. The Bertz CT molecular complexity index is 1390. The van der Waals surface area contributed by atoms with E-state index in [2.05, 4.69) is 20.9 Å². The van der Waals surface area contributed by atoms with Crippen molar-refractivity contribution in [2.24, 2.45) is 11.8 Å². The first-order chi connectivity index (χ1) is 21.5. The predicted molar refractivity (Wildman–Crippen MR) is 180 cm³/mol. The zero-order chi connectivity index (χ0) is 33.7. The van der Waals surface area contributed by atoms with E-state index in [0.717, 1.165) is 36.6 Å². The Kier molecular flexibility index (Phi) is 11.8. The molecule has 10 nitrogen and oxygen atoms in total. The SMILES string of the molecule is CC(C)(C)NC(=O)[C@@H]1CC2CCCCC2CN1C[C@@H](O)[C@H](Cc1ccccc1)NC(=O)[C@@H](NCc1ccoc1)C(C)(C)S(C)(=O)=O. The number of fused-ring (bicyclic) bond motifs is 1. The van der Waals surface area contributed by atoms with Gasteiger partial charge in [0.25, 0.3) is 0 Å². The van der Waals surface area contributed by atoms with Gasteiger partial charge in [0, 0.05) is 37.0 Å². The average Bonchev–Trinajstić information content (AvgIpc) is 3.49. The number of hydrogen-bond acceptors (Lipinski definition) is 8. The van der Waals surface area contributed by atoms with Crippen LogP contribution in [0.25, 0.3) is 0 Å². The highest BCUT2D eigenvalue weighted by Crippen LogP contribution is 2.39. The molecule has 1 aromatic heterocycles. The Morgan fingerprint density at radius 1 is 1.02 bits per heavy atom. The van der Waals surface area contributed by atoms with Gasteiger partial charge in [0.05, 0.1) is 35.5 Å². The summed E-state index contributed by atoms with van der Waals surface area (Å²) in [5.41, 5.74) is 1.30. The largest absolute Gasteiger partial charge is 0.472 e. The Morgan fingerprint density at radius 2 is 1.70 bits per heavy atom. The number of likely N-dealkylation sites (tertiary alicyclic amines) is 1. The minimum Gasteiger partial charge on any atom is -0.472 e. The quantitative estimate of drug-likeness (QED) is 0.257. The van der Waals surface area contributed by atoms with Crippen LogP contribution in [0, 0.1) is 11.8 Å². The first-order valence-electron chi connectivity index (χ1n) is 16.6. The van der Waals surface area contributed by atoms with Gasteiger partial charge in [0.2, 0.25) is 11.8 Å². The fourth-order valence-corrected chi connectivity index (χ4v) is 7.51. The van der Waals surface area contributed by atoms with E-state index >= 15 is 0 Å². The number of amides is 2. The third kappa shape index (κ3) is 9.42. The molecule has 2 unspecified atom stereocenters. The first-order valence-corrected chi connectivity index (χ1v) is 18.5. The Labute approximate surface area is 275 Å². The normalized spacial score (nSPS) is 23.2.